The van der Waals surface area contributed by atoms with Gasteiger partial charge in [-0.2, -0.15) is 0 Å². The van der Waals surface area contributed by atoms with E-state index in [0.29, 0.717) is 17.7 Å². The SMILES string of the molecule is CCNC(=O)C(C)NC(=O)c1ccc(F)c(C)c1. The number of likely N-dealkylation sites (N-methyl/N-ethyl adjacent to an activating group) is 1. The number of amides is 2. The number of halogens is 1. The molecule has 0 aliphatic heterocycles. The topological polar surface area (TPSA) is 58.2 Å². The zero-order valence-electron chi connectivity index (χ0n) is 10.7. The second-order valence-electron chi connectivity index (χ2n) is 4.05. The maximum atomic E-state index is 13.1. The number of aryl methyl sites for hydroxylation is 1. The van der Waals surface area contributed by atoms with Gasteiger partial charge in [0.1, 0.15) is 11.9 Å². The number of nitrogens with one attached hydrogen (secondary N) is 2. The van der Waals surface area contributed by atoms with Gasteiger partial charge in [-0.15, -0.1) is 0 Å². The zero-order valence-corrected chi connectivity index (χ0v) is 10.7. The molecular weight excluding hydrogens is 235 g/mol. The van der Waals surface area contributed by atoms with Gasteiger partial charge in [0.15, 0.2) is 0 Å². The molecule has 1 aromatic rings. The molecule has 1 aromatic carbocycles. The van der Waals surface area contributed by atoms with Crippen LogP contribution in [-0.2, 0) is 4.79 Å². The minimum Gasteiger partial charge on any atom is -0.355 e. The molecule has 0 saturated heterocycles. The van der Waals surface area contributed by atoms with E-state index in [1.807, 2.05) is 0 Å². The maximum Gasteiger partial charge on any atom is 0.251 e. The molecule has 0 bridgehead atoms. The van der Waals surface area contributed by atoms with Crippen LogP contribution in [0.1, 0.15) is 29.8 Å². The van der Waals surface area contributed by atoms with E-state index >= 15 is 0 Å². The van der Waals surface area contributed by atoms with E-state index in [9.17, 15) is 14.0 Å². The first-order valence-electron chi connectivity index (χ1n) is 5.80. The molecule has 2 amide bonds. The third-order valence-electron chi connectivity index (χ3n) is 2.51. The van der Waals surface area contributed by atoms with Crippen molar-refractivity contribution in [2.75, 3.05) is 6.54 Å². The highest BCUT2D eigenvalue weighted by Crippen LogP contribution is 2.09. The summed E-state index contributed by atoms with van der Waals surface area (Å²) >= 11 is 0. The van der Waals surface area contributed by atoms with Gasteiger partial charge < -0.3 is 10.6 Å². The van der Waals surface area contributed by atoms with E-state index in [2.05, 4.69) is 10.6 Å². The number of carbonyl (C=O) groups excluding carboxylic acids is 2. The van der Waals surface area contributed by atoms with Crippen LogP contribution in [0.25, 0.3) is 0 Å². The van der Waals surface area contributed by atoms with Gasteiger partial charge in [0.25, 0.3) is 5.91 Å². The highest BCUT2D eigenvalue weighted by molar-refractivity contribution is 5.97. The van der Waals surface area contributed by atoms with Crippen LogP contribution in [0.5, 0.6) is 0 Å². The second-order valence-corrected chi connectivity index (χ2v) is 4.05. The maximum absolute atomic E-state index is 13.1. The molecule has 0 aliphatic rings. The van der Waals surface area contributed by atoms with Crippen LogP contribution in [0.4, 0.5) is 4.39 Å². The van der Waals surface area contributed by atoms with E-state index in [4.69, 9.17) is 0 Å². The second kappa shape index (κ2) is 6.14. The molecule has 0 saturated carbocycles. The first-order chi connectivity index (χ1) is 8.45. The van der Waals surface area contributed by atoms with Gasteiger partial charge in [-0.05, 0) is 44.5 Å². The third kappa shape index (κ3) is 3.55. The number of hydrogen-bond acceptors (Lipinski definition) is 2. The molecule has 1 atom stereocenters. The molecule has 0 aliphatic carbocycles. The fourth-order valence-corrected chi connectivity index (χ4v) is 1.46. The average molecular weight is 252 g/mol. The quantitative estimate of drug-likeness (QED) is 0.850. The summed E-state index contributed by atoms with van der Waals surface area (Å²) in [4.78, 5) is 23.3. The van der Waals surface area contributed by atoms with Crippen molar-refractivity contribution in [3.8, 4) is 0 Å². The van der Waals surface area contributed by atoms with Gasteiger partial charge in [0.05, 0.1) is 0 Å². The Hall–Kier alpha value is -1.91. The molecule has 5 heteroatoms. The van der Waals surface area contributed by atoms with Crippen molar-refractivity contribution in [1.29, 1.82) is 0 Å². The van der Waals surface area contributed by atoms with Gasteiger partial charge >= 0.3 is 0 Å². The van der Waals surface area contributed by atoms with Crippen molar-refractivity contribution >= 4 is 11.8 Å². The summed E-state index contributed by atoms with van der Waals surface area (Å²) < 4.78 is 13.1. The molecule has 18 heavy (non-hydrogen) atoms. The fourth-order valence-electron chi connectivity index (χ4n) is 1.46. The number of benzene rings is 1. The van der Waals surface area contributed by atoms with Gasteiger partial charge in [-0.1, -0.05) is 0 Å². The van der Waals surface area contributed by atoms with Crippen LogP contribution >= 0.6 is 0 Å². The summed E-state index contributed by atoms with van der Waals surface area (Å²) in [7, 11) is 0. The lowest BCUT2D eigenvalue weighted by molar-refractivity contribution is -0.122. The van der Waals surface area contributed by atoms with Crippen molar-refractivity contribution in [1.82, 2.24) is 10.6 Å². The summed E-state index contributed by atoms with van der Waals surface area (Å²) in [6, 6.07) is 3.46. The van der Waals surface area contributed by atoms with Crippen molar-refractivity contribution < 1.29 is 14.0 Å². The molecule has 0 spiro atoms. The van der Waals surface area contributed by atoms with Crippen molar-refractivity contribution in [2.24, 2.45) is 0 Å². The predicted octanol–water partition coefficient (Wildman–Crippen LogP) is 1.39. The first-order valence-corrected chi connectivity index (χ1v) is 5.80. The molecular formula is C13H17FN2O2. The summed E-state index contributed by atoms with van der Waals surface area (Å²) in [5.74, 6) is -0.995. The molecule has 1 unspecified atom stereocenters. The Morgan fingerprint density at radius 3 is 2.61 bits per heavy atom. The molecule has 0 aromatic heterocycles. The molecule has 0 fully saturated rings. The van der Waals surface area contributed by atoms with Crippen LogP contribution in [0.15, 0.2) is 18.2 Å². The predicted molar refractivity (Wildman–Crippen MR) is 66.7 cm³/mol. The Balaban J connectivity index is 2.70. The van der Waals surface area contributed by atoms with Gasteiger partial charge in [0, 0.05) is 12.1 Å². The Morgan fingerprint density at radius 1 is 1.39 bits per heavy atom. The lowest BCUT2D eigenvalue weighted by Gasteiger charge is -2.13. The number of carbonyl (C=O) groups is 2. The molecule has 1 rings (SSSR count). The molecule has 4 nitrogen and oxygen atoms in total. The first kappa shape index (κ1) is 14.2. The zero-order chi connectivity index (χ0) is 13.7. The van der Waals surface area contributed by atoms with E-state index in [1.54, 1.807) is 20.8 Å². The summed E-state index contributed by atoms with van der Waals surface area (Å²) in [6.45, 7) is 5.49. The Morgan fingerprint density at radius 2 is 2.06 bits per heavy atom. The van der Waals surface area contributed by atoms with E-state index in [0.717, 1.165) is 0 Å². The van der Waals surface area contributed by atoms with Crippen molar-refractivity contribution in [3.05, 3.63) is 35.1 Å². The standard InChI is InChI=1S/C13H17FN2O2/c1-4-15-12(17)9(3)16-13(18)10-5-6-11(14)8(2)7-10/h5-7,9H,4H2,1-3H3,(H,15,17)(H,16,18). The number of hydrogen-bond donors (Lipinski definition) is 2. The van der Waals surface area contributed by atoms with Crippen LogP contribution in [0.3, 0.4) is 0 Å². The number of rotatable bonds is 4. The summed E-state index contributed by atoms with van der Waals surface area (Å²) in [6.07, 6.45) is 0. The van der Waals surface area contributed by atoms with Crippen LogP contribution < -0.4 is 10.6 Å². The Labute approximate surface area is 106 Å². The summed E-state index contributed by atoms with van der Waals surface area (Å²) in [5, 5.41) is 5.16. The lowest BCUT2D eigenvalue weighted by Crippen LogP contribution is -2.44. The summed E-state index contributed by atoms with van der Waals surface area (Å²) in [5.41, 5.74) is 0.735. The lowest BCUT2D eigenvalue weighted by atomic mass is 10.1. The van der Waals surface area contributed by atoms with Gasteiger partial charge in [-0.25, -0.2) is 4.39 Å². The van der Waals surface area contributed by atoms with E-state index in [1.165, 1.54) is 18.2 Å². The molecule has 0 radical (unpaired) electrons. The van der Waals surface area contributed by atoms with E-state index < -0.39 is 11.9 Å². The van der Waals surface area contributed by atoms with Crippen molar-refractivity contribution in [3.63, 3.8) is 0 Å². The highest BCUT2D eigenvalue weighted by atomic mass is 19.1. The Kier molecular flexibility index (Phi) is 4.83. The minimum absolute atomic E-state index is 0.246. The van der Waals surface area contributed by atoms with Crippen LogP contribution in [-0.4, -0.2) is 24.4 Å². The van der Waals surface area contributed by atoms with Gasteiger partial charge in [-0.3, -0.25) is 9.59 Å². The third-order valence-corrected chi connectivity index (χ3v) is 2.51. The largest absolute Gasteiger partial charge is 0.355 e. The smallest absolute Gasteiger partial charge is 0.251 e. The van der Waals surface area contributed by atoms with E-state index in [-0.39, 0.29) is 11.7 Å². The monoisotopic (exact) mass is 252 g/mol. The van der Waals surface area contributed by atoms with Crippen LogP contribution in [0.2, 0.25) is 0 Å². The average Bonchev–Trinajstić information content (AvgIpc) is 2.32. The van der Waals surface area contributed by atoms with Crippen LogP contribution in [0, 0.1) is 12.7 Å². The fraction of sp³-hybridized carbons (Fsp3) is 0.385. The minimum atomic E-state index is -0.622. The molecule has 0 heterocycles. The normalized spacial score (nSPS) is 11.8. The molecule has 2 N–H and O–H groups in total. The highest BCUT2D eigenvalue weighted by Gasteiger charge is 2.16. The van der Waals surface area contributed by atoms with Gasteiger partial charge in [0.2, 0.25) is 5.91 Å². The molecule has 98 valence electrons. The van der Waals surface area contributed by atoms with Crippen molar-refractivity contribution in [2.45, 2.75) is 26.8 Å². The Bertz CT molecular complexity index is 460.